The molecule has 1 atom stereocenters. The maximum atomic E-state index is 12.7. The number of nitrogens with one attached hydrogen (secondary N) is 3. The van der Waals surface area contributed by atoms with Crippen LogP contribution >= 0.6 is 0 Å². The summed E-state index contributed by atoms with van der Waals surface area (Å²) in [5, 5.41) is 18.4. The van der Waals surface area contributed by atoms with Crippen molar-refractivity contribution < 1.29 is 9.72 Å². The zero-order chi connectivity index (χ0) is 23.0. The van der Waals surface area contributed by atoms with Crippen LogP contribution in [-0.4, -0.2) is 30.6 Å². The van der Waals surface area contributed by atoms with Gasteiger partial charge >= 0.3 is 11.4 Å². The third-order valence-electron chi connectivity index (χ3n) is 5.46. The van der Waals surface area contributed by atoms with E-state index in [9.17, 15) is 19.7 Å². The fraction of sp³-hybridized carbons (Fsp3) is 0.227. The summed E-state index contributed by atoms with van der Waals surface area (Å²) in [5.41, 5.74) is 4.24. The van der Waals surface area contributed by atoms with Crippen LogP contribution in [0, 0.1) is 24.0 Å². The molecule has 0 saturated carbocycles. The lowest BCUT2D eigenvalue weighted by atomic mass is 10.1. The second kappa shape index (κ2) is 8.14. The van der Waals surface area contributed by atoms with E-state index in [0.29, 0.717) is 34.5 Å². The number of carbonyl (C=O) groups excluding carboxylic acids is 1. The van der Waals surface area contributed by atoms with E-state index < -0.39 is 4.92 Å². The standard InChI is InChI=1S/C22H22N6O4/c1-12(17-8-9-18-19(10-17)25-22(30)24-18)23-21(29)16-6-4-15(5-7-16)11-27-14(3)20(28(31)32)13(2)26-27/h4-10,12H,11H2,1-3H3,(H,23,29)(H2,24,25,30). The van der Waals surface area contributed by atoms with Gasteiger partial charge in [-0.05, 0) is 56.2 Å². The molecule has 4 rings (SSSR count). The van der Waals surface area contributed by atoms with Crippen LogP contribution in [0.2, 0.25) is 0 Å². The summed E-state index contributed by atoms with van der Waals surface area (Å²) in [5.74, 6) is -0.228. The molecule has 0 radical (unpaired) electrons. The van der Waals surface area contributed by atoms with Crippen molar-refractivity contribution in [1.29, 1.82) is 0 Å². The second-order valence-electron chi connectivity index (χ2n) is 7.71. The number of nitrogens with zero attached hydrogens (tertiary/aromatic N) is 3. The van der Waals surface area contributed by atoms with Gasteiger partial charge in [-0.3, -0.25) is 19.6 Å². The number of amides is 1. The number of benzene rings is 2. The Morgan fingerprint density at radius 1 is 1.16 bits per heavy atom. The van der Waals surface area contributed by atoms with Gasteiger partial charge in [0.1, 0.15) is 11.4 Å². The first-order valence-corrected chi connectivity index (χ1v) is 10.0. The molecule has 2 heterocycles. The van der Waals surface area contributed by atoms with E-state index in [1.165, 1.54) is 0 Å². The topological polar surface area (TPSA) is 139 Å². The normalized spacial score (nSPS) is 12.1. The Morgan fingerprint density at radius 2 is 1.84 bits per heavy atom. The molecule has 2 aromatic carbocycles. The molecule has 1 amide bonds. The van der Waals surface area contributed by atoms with Crippen LogP contribution in [0.1, 0.15) is 45.8 Å². The first-order valence-electron chi connectivity index (χ1n) is 10.0. The van der Waals surface area contributed by atoms with Gasteiger partial charge in [0.25, 0.3) is 5.91 Å². The quantitative estimate of drug-likeness (QED) is 0.316. The van der Waals surface area contributed by atoms with E-state index in [2.05, 4.69) is 20.4 Å². The molecule has 0 aliphatic carbocycles. The summed E-state index contributed by atoms with van der Waals surface area (Å²) in [6, 6.07) is 12.2. The van der Waals surface area contributed by atoms with Crippen LogP contribution < -0.4 is 11.0 Å². The van der Waals surface area contributed by atoms with E-state index in [1.807, 2.05) is 19.1 Å². The molecule has 0 spiro atoms. The highest BCUT2D eigenvalue weighted by molar-refractivity contribution is 5.94. The maximum Gasteiger partial charge on any atom is 0.323 e. The van der Waals surface area contributed by atoms with Crippen LogP contribution in [0.25, 0.3) is 11.0 Å². The van der Waals surface area contributed by atoms with Gasteiger partial charge in [-0.1, -0.05) is 18.2 Å². The molecular formula is C22H22N6O4. The van der Waals surface area contributed by atoms with Crippen LogP contribution in [0.15, 0.2) is 47.3 Å². The molecule has 0 aliphatic heterocycles. The van der Waals surface area contributed by atoms with Crippen molar-refractivity contribution in [3.8, 4) is 0 Å². The van der Waals surface area contributed by atoms with E-state index in [1.54, 1.807) is 48.9 Å². The molecule has 32 heavy (non-hydrogen) atoms. The number of nitro groups is 1. The van der Waals surface area contributed by atoms with Gasteiger partial charge in [-0.2, -0.15) is 5.10 Å². The molecule has 2 aromatic heterocycles. The molecule has 3 N–H and O–H groups in total. The predicted molar refractivity (Wildman–Crippen MR) is 119 cm³/mol. The second-order valence-corrected chi connectivity index (χ2v) is 7.71. The summed E-state index contributed by atoms with van der Waals surface area (Å²) >= 11 is 0. The number of carbonyl (C=O) groups is 1. The largest absolute Gasteiger partial charge is 0.346 e. The first-order chi connectivity index (χ1) is 15.2. The summed E-state index contributed by atoms with van der Waals surface area (Å²) in [6.45, 7) is 5.52. The lowest BCUT2D eigenvalue weighted by Crippen LogP contribution is -2.26. The Morgan fingerprint density at radius 3 is 2.50 bits per heavy atom. The summed E-state index contributed by atoms with van der Waals surface area (Å²) in [6.07, 6.45) is 0. The Hall–Kier alpha value is -4.21. The van der Waals surface area contributed by atoms with E-state index in [4.69, 9.17) is 0 Å². The van der Waals surface area contributed by atoms with Gasteiger partial charge in [-0.15, -0.1) is 0 Å². The highest BCUT2D eigenvalue weighted by Crippen LogP contribution is 2.23. The maximum absolute atomic E-state index is 12.7. The molecule has 10 nitrogen and oxygen atoms in total. The smallest absolute Gasteiger partial charge is 0.323 e. The number of rotatable bonds is 6. The summed E-state index contributed by atoms with van der Waals surface area (Å²) < 4.78 is 1.59. The highest BCUT2D eigenvalue weighted by Gasteiger charge is 2.21. The van der Waals surface area contributed by atoms with Crippen molar-refractivity contribution >= 4 is 22.6 Å². The van der Waals surface area contributed by atoms with Crippen LogP contribution in [0.5, 0.6) is 0 Å². The van der Waals surface area contributed by atoms with Gasteiger partial charge in [0, 0.05) is 5.56 Å². The minimum Gasteiger partial charge on any atom is -0.346 e. The molecule has 0 fully saturated rings. The number of aromatic amines is 2. The van der Waals surface area contributed by atoms with Gasteiger partial charge in [-0.25, -0.2) is 4.79 Å². The molecule has 10 heteroatoms. The van der Waals surface area contributed by atoms with Crippen molar-refractivity contribution in [1.82, 2.24) is 25.1 Å². The van der Waals surface area contributed by atoms with Gasteiger partial charge in [0.15, 0.2) is 0 Å². The highest BCUT2D eigenvalue weighted by atomic mass is 16.6. The van der Waals surface area contributed by atoms with Gasteiger partial charge < -0.3 is 15.3 Å². The van der Waals surface area contributed by atoms with Gasteiger partial charge in [0.05, 0.1) is 28.5 Å². The average molecular weight is 434 g/mol. The summed E-state index contributed by atoms with van der Waals surface area (Å²) in [7, 11) is 0. The zero-order valence-electron chi connectivity index (χ0n) is 17.8. The van der Waals surface area contributed by atoms with E-state index >= 15 is 0 Å². The van der Waals surface area contributed by atoms with Crippen LogP contribution in [-0.2, 0) is 6.54 Å². The Labute approximate surface area is 182 Å². The average Bonchev–Trinajstić information content (AvgIpc) is 3.25. The monoisotopic (exact) mass is 434 g/mol. The van der Waals surface area contributed by atoms with Crippen molar-refractivity contribution in [2.24, 2.45) is 0 Å². The number of fused-ring (bicyclic) bond motifs is 1. The molecule has 0 saturated heterocycles. The predicted octanol–water partition coefficient (Wildman–Crippen LogP) is 3.12. The number of hydrogen-bond donors (Lipinski definition) is 3. The van der Waals surface area contributed by atoms with Crippen molar-refractivity contribution in [2.75, 3.05) is 0 Å². The number of aromatic nitrogens is 4. The molecular weight excluding hydrogens is 412 g/mol. The van der Waals surface area contributed by atoms with Crippen molar-refractivity contribution in [2.45, 2.75) is 33.4 Å². The number of H-pyrrole nitrogens is 2. The number of hydrogen-bond acceptors (Lipinski definition) is 5. The number of imidazole rings is 1. The molecule has 0 aliphatic rings. The SMILES string of the molecule is Cc1nn(Cc2ccc(C(=O)NC(C)c3ccc4[nH]c(=O)[nH]c4c3)cc2)c(C)c1[N+](=O)[O-]. The minimum atomic E-state index is -0.422. The van der Waals surface area contributed by atoms with E-state index in [-0.39, 0.29) is 23.3 Å². The zero-order valence-corrected chi connectivity index (χ0v) is 17.8. The Kier molecular flexibility index (Phi) is 5.35. The Bertz CT molecular complexity index is 1380. The lowest BCUT2D eigenvalue weighted by Gasteiger charge is -2.15. The van der Waals surface area contributed by atoms with E-state index in [0.717, 1.165) is 11.1 Å². The fourth-order valence-corrected chi connectivity index (χ4v) is 3.72. The third-order valence-corrected chi connectivity index (χ3v) is 5.46. The fourth-order valence-electron chi connectivity index (χ4n) is 3.72. The van der Waals surface area contributed by atoms with Crippen molar-refractivity contribution in [3.05, 3.63) is 91.1 Å². The first kappa shape index (κ1) is 21.0. The summed E-state index contributed by atoms with van der Waals surface area (Å²) in [4.78, 5) is 40.3. The molecule has 4 aromatic rings. The van der Waals surface area contributed by atoms with Gasteiger partial charge in [0.2, 0.25) is 0 Å². The lowest BCUT2D eigenvalue weighted by molar-refractivity contribution is -0.386. The molecule has 164 valence electrons. The molecule has 0 bridgehead atoms. The third kappa shape index (κ3) is 4.02. The van der Waals surface area contributed by atoms with Crippen LogP contribution in [0.3, 0.4) is 0 Å². The van der Waals surface area contributed by atoms with Crippen molar-refractivity contribution in [3.63, 3.8) is 0 Å². The number of aryl methyl sites for hydroxylation is 1. The minimum absolute atomic E-state index is 0.0249. The van der Waals surface area contributed by atoms with Crippen LogP contribution in [0.4, 0.5) is 5.69 Å². The Balaban J connectivity index is 1.45. The molecule has 1 unspecified atom stereocenters.